The van der Waals surface area contributed by atoms with Crippen molar-refractivity contribution in [3.8, 4) is 0 Å². The maximum atomic E-state index is 12.9. The molecule has 1 aliphatic heterocycles. The Hall–Kier alpha value is -3.01. The maximum Gasteiger partial charge on any atom is 0.255 e. The van der Waals surface area contributed by atoms with Gasteiger partial charge < -0.3 is 4.90 Å². The lowest BCUT2D eigenvalue weighted by atomic mass is 10.1. The summed E-state index contributed by atoms with van der Waals surface area (Å²) in [5.74, 6) is 0.0378. The third-order valence-corrected chi connectivity index (χ3v) is 4.82. The zero-order valence-corrected chi connectivity index (χ0v) is 14.6. The van der Waals surface area contributed by atoms with Crippen molar-refractivity contribution in [1.82, 2.24) is 14.9 Å². The molecule has 1 atom stereocenters. The van der Waals surface area contributed by atoms with E-state index in [9.17, 15) is 4.79 Å². The summed E-state index contributed by atoms with van der Waals surface area (Å²) in [6.07, 6.45) is 6.08. The maximum absolute atomic E-state index is 12.9. The van der Waals surface area contributed by atoms with E-state index in [1.165, 1.54) is 5.56 Å². The predicted octanol–water partition coefficient (Wildman–Crippen LogP) is 4.04. The van der Waals surface area contributed by atoms with Gasteiger partial charge in [0.25, 0.3) is 5.91 Å². The van der Waals surface area contributed by atoms with Crippen molar-refractivity contribution in [3.05, 3.63) is 95.6 Å². The first kappa shape index (κ1) is 16.5. The van der Waals surface area contributed by atoms with Gasteiger partial charge in [-0.3, -0.25) is 14.8 Å². The minimum absolute atomic E-state index is 0.0378. The lowest BCUT2D eigenvalue weighted by Gasteiger charge is -2.24. The fourth-order valence-corrected chi connectivity index (χ4v) is 3.56. The predicted molar refractivity (Wildman–Crippen MR) is 101 cm³/mol. The summed E-state index contributed by atoms with van der Waals surface area (Å²) in [5, 5.41) is 0. The highest BCUT2D eigenvalue weighted by molar-refractivity contribution is 5.94. The first-order chi connectivity index (χ1) is 12.8. The summed E-state index contributed by atoms with van der Waals surface area (Å²) in [5.41, 5.74) is 3.90. The van der Waals surface area contributed by atoms with E-state index in [0.717, 1.165) is 37.2 Å². The molecule has 1 saturated heterocycles. The van der Waals surface area contributed by atoms with E-state index >= 15 is 0 Å². The molecule has 130 valence electrons. The van der Waals surface area contributed by atoms with Gasteiger partial charge in [0.15, 0.2) is 0 Å². The average molecular weight is 343 g/mol. The summed E-state index contributed by atoms with van der Waals surface area (Å²) in [4.78, 5) is 23.7. The molecule has 0 N–H and O–H groups in total. The molecule has 1 aromatic carbocycles. The Morgan fingerprint density at radius 2 is 1.92 bits per heavy atom. The molecule has 4 heteroatoms. The highest BCUT2D eigenvalue weighted by Crippen LogP contribution is 2.32. The van der Waals surface area contributed by atoms with E-state index < -0.39 is 0 Å². The van der Waals surface area contributed by atoms with Crippen LogP contribution in [0.3, 0.4) is 0 Å². The Kier molecular flexibility index (Phi) is 4.73. The average Bonchev–Trinajstić information content (AvgIpc) is 3.19. The van der Waals surface area contributed by atoms with Crippen molar-refractivity contribution >= 4 is 5.91 Å². The van der Waals surface area contributed by atoms with Crippen molar-refractivity contribution in [2.75, 3.05) is 6.54 Å². The van der Waals surface area contributed by atoms with Gasteiger partial charge in [0.05, 0.1) is 17.3 Å². The minimum atomic E-state index is 0.0378. The molecule has 0 spiro atoms. The number of rotatable bonds is 4. The van der Waals surface area contributed by atoms with Crippen molar-refractivity contribution in [1.29, 1.82) is 0 Å². The van der Waals surface area contributed by atoms with E-state index in [2.05, 4.69) is 23.2 Å². The lowest BCUT2D eigenvalue weighted by molar-refractivity contribution is 0.0732. The van der Waals surface area contributed by atoms with E-state index in [4.69, 9.17) is 4.98 Å². The second kappa shape index (κ2) is 7.48. The molecule has 0 aliphatic carbocycles. The van der Waals surface area contributed by atoms with Gasteiger partial charge in [0.1, 0.15) is 0 Å². The fourth-order valence-electron chi connectivity index (χ4n) is 3.56. The van der Waals surface area contributed by atoms with Crippen molar-refractivity contribution in [3.63, 3.8) is 0 Å². The normalized spacial score (nSPS) is 16.6. The molecule has 1 amide bonds. The Morgan fingerprint density at radius 1 is 1.04 bits per heavy atom. The van der Waals surface area contributed by atoms with Gasteiger partial charge in [-0.2, -0.15) is 0 Å². The Bertz CT molecular complexity index is 880. The highest BCUT2D eigenvalue weighted by Gasteiger charge is 2.31. The van der Waals surface area contributed by atoms with E-state index in [0.29, 0.717) is 5.56 Å². The third-order valence-electron chi connectivity index (χ3n) is 4.82. The molecule has 4 nitrogen and oxygen atoms in total. The van der Waals surface area contributed by atoms with Crippen LogP contribution in [0.5, 0.6) is 0 Å². The molecule has 2 aromatic heterocycles. The van der Waals surface area contributed by atoms with Crippen LogP contribution in [0.4, 0.5) is 0 Å². The summed E-state index contributed by atoms with van der Waals surface area (Å²) >= 11 is 0. The van der Waals surface area contributed by atoms with E-state index in [1.54, 1.807) is 18.5 Å². The van der Waals surface area contributed by atoms with Gasteiger partial charge in [-0.15, -0.1) is 0 Å². The molecule has 3 heterocycles. The number of amides is 1. The largest absolute Gasteiger partial charge is 0.330 e. The van der Waals surface area contributed by atoms with Crippen LogP contribution in [0.25, 0.3) is 0 Å². The molecule has 0 saturated carbocycles. The van der Waals surface area contributed by atoms with Crippen LogP contribution in [-0.2, 0) is 6.42 Å². The standard InChI is InChI=1S/C22H21N3O/c26-22(18-9-5-13-23-16-18)25-14-6-12-21(25)20-11-4-10-19(24-20)15-17-7-2-1-3-8-17/h1-5,7-11,13,16,21H,6,12,14-15H2. The van der Waals surface area contributed by atoms with Crippen LogP contribution in [0, 0.1) is 0 Å². The molecule has 3 aromatic rings. The monoisotopic (exact) mass is 343 g/mol. The Morgan fingerprint density at radius 3 is 2.73 bits per heavy atom. The number of hydrogen-bond acceptors (Lipinski definition) is 3. The molecular weight excluding hydrogens is 322 g/mol. The van der Waals surface area contributed by atoms with Crippen molar-refractivity contribution in [2.45, 2.75) is 25.3 Å². The Labute approximate surface area is 153 Å². The zero-order chi connectivity index (χ0) is 17.8. The first-order valence-electron chi connectivity index (χ1n) is 9.02. The molecule has 1 fully saturated rings. The van der Waals surface area contributed by atoms with Crippen LogP contribution >= 0.6 is 0 Å². The van der Waals surface area contributed by atoms with Crippen LogP contribution in [-0.4, -0.2) is 27.3 Å². The van der Waals surface area contributed by atoms with Crippen LogP contribution in [0.15, 0.2) is 73.1 Å². The topological polar surface area (TPSA) is 46.1 Å². The van der Waals surface area contributed by atoms with Crippen molar-refractivity contribution in [2.24, 2.45) is 0 Å². The summed E-state index contributed by atoms with van der Waals surface area (Å²) < 4.78 is 0. The number of pyridine rings is 2. The first-order valence-corrected chi connectivity index (χ1v) is 9.02. The van der Waals surface area contributed by atoms with Crippen LogP contribution in [0.2, 0.25) is 0 Å². The highest BCUT2D eigenvalue weighted by atomic mass is 16.2. The molecular formula is C22H21N3O. The molecule has 1 unspecified atom stereocenters. The molecule has 0 bridgehead atoms. The number of carbonyl (C=O) groups is 1. The summed E-state index contributed by atoms with van der Waals surface area (Å²) in [6.45, 7) is 0.767. The van der Waals surface area contributed by atoms with Gasteiger partial charge in [-0.25, -0.2) is 0 Å². The van der Waals surface area contributed by atoms with Crippen LogP contribution < -0.4 is 0 Å². The number of carbonyl (C=O) groups excluding carboxylic acids is 1. The van der Waals surface area contributed by atoms with Crippen molar-refractivity contribution < 1.29 is 4.79 Å². The third kappa shape index (κ3) is 3.49. The number of nitrogens with zero attached hydrogens (tertiary/aromatic N) is 3. The number of benzene rings is 1. The second-order valence-electron chi connectivity index (χ2n) is 6.61. The number of hydrogen-bond donors (Lipinski definition) is 0. The quantitative estimate of drug-likeness (QED) is 0.718. The number of aromatic nitrogens is 2. The SMILES string of the molecule is O=C(c1cccnc1)N1CCCC1c1cccc(Cc2ccccc2)n1. The van der Waals surface area contributed by atoms with Gasteiger partial charge in [-0.05, 0) is 42.7 Å². The molecule has 26 heavy (non-hydrogen) atoms. The lowest BCUT2D eigenvalue weighted by Crippen LogP contribution is -2.31. The summed E-state index contributed by atoms with van der Waals surface area (Å²) in [6, 6.07) is 20.1. The van der Waals surface area contributed by atoms with Gasteiger partial charge in [-0.1, -0.05) is 36.4 Å². The fraction of sp³-hybridized carbons (Fsp3) is 0.227. The van der Waals surface area contributed by atoms with Gasteiger partial charge in [0.2, 0.25) is 0 Å². The molecule has 1 aliphatic rings. The van der Waals surface area contributed by atoms with E-state index in [-0.39, 0.29) is 11.9 Å². The van der Waals surface area contributed by atoms with Gasteiger partial charge >= 0.3 is 0 Å². The molecule has 4 rings (SSSR count). The Balaban J connectivity index is 1.56. The summed E-state index contributed by atoms with van der Waals surface area (Å²) in [7, 11) is 0. The second-order valence-corrected chi connectivity index (χ2v) is 6.61. The minimum Gasteiger partial charge on any atom is -0.330 e. The van der Waals surface area contributed by atoms with Crippen LogP contribution in [0.1, 0.15) is 46.2 Å². The number of likely N-dealkylation sites (tertiary alicyclic amines) is 1. The zero-order valence-electron chi connectivity index (χ0n) is 14.6. The van der Waals surface area contributed by atoms with Gasteiger partial charge in [0, 0.05) is 31.1 Å². The molecule has 0 radical (unpaired) electrons. The van der Waals surface area contributed by atoms with E-state index in [1.807, 2.05) is 41.3 Å². The smallest absolute Gasteiger partial charge is 0.255 e.